The summed E-state index contributed by atoms with van der Waals surface area (Å²) in [5, 5.41) is 4.46. The standard InChI is InChI=1S/C24H20ClN3O2S/c1-15-6-5-9-21(16(15)2)28-23(30)19-7-3-4-8-20(19)27-24(28)31-14-22(29)26-18-12-10-17(25)11-13-18/h3-13H,14H2,1-2H3,(H,26,29). The van der Waals surface area contributed by atoms with Gasteiger partial charge in [0.1, 0.15) is 0 Å². The smallest absolute Gasteiger partial charge is 0.266 e. The van der Waals surface area contributed by atoms with E-state index >= 15 is 0 Å². The Kier molecular flexibility index (Phi) is 6.11. The average Bonchev–Trinajstić information content (AvgIpc) is 2.76. The number of halogens is 1. The maximum Gasteiger partial charge on any atom is 0.266 e. The van der Waals surface area contributed by atoms with Crippen LogP contribution in [0.15, 0.2) is 76.7 Å². The summed E-state index contributed by atoms with van der Waals surface area (Å²) in [5.74, 6) is -0.0830. The van der Waals surface area contributed by atoms with E-state index < -0.39 is 0 Å². The number of aryl methyl sites for hydroxylation is 1. The highest BCUT2D eigenvalue weighted by Gasteiger charge is 2.16. The number of para-hydroxylation sites is 1. The largest absolute Gasteiger partial charge is 0.325 e. The van der Waals surface area contributed by atoms with Crippen LogP contribution in [0.1, 0.15) is 11.1 Å². The maximum absolute atomic E-state index is 13.4. The molecular weight excluding hydrogens is 430 g/mol. The van der Waals surface area contributed by atoms with Gasteiger partial charge in [-0.2, -0.15) is 0 Å². The Bertz CT molecular complexity index is 1330. The molecule has 0 saturated carbocycles. The van der Waals surface area contributed by atoms with Gasteiger partial charge in [-0.1, -0.05) is 47.6 Å². The minimum absolute atomic E-state index is 0.109. The summed E-state index contributed by atoms with van der Waals surface area (Å²) in [6.07, 6.45) is 0. The molecule has 0 fully saturated rings. The van der Waals surface area contributed by atoms with Crippen molar-refractivity contribution in [3.63, 3.8) is 0 Å². The Morgan fingerprint density at radius 3 is 2.55 bits per heavy atom. The summed E-state index contributed by atoms with van der Waals surface area (Å²) in [6.45, 7) is 3.98. The van der Waals surface area contributed by atoms with Crippen LogP contribution in [0.3, 0.4) is 0 Å². The lowest BCUT2D eigenvalue weighted by molar-refractivity contribution is -0.113. The van der Waals surface area contributed by atoms with Crippen molar-refractivity contribution in [3.05, 3.63) is 93.2 Å². The monoisotopic (exact) mass is 449 g/mol. The van der Waals surface area contributed by atoms with E-state index in [-0.39, 0.29) is 17.2 Å². The summed E-state index contributed by atoms with van der Waals surface area (Å²) in [5.41, 5.74) is 3.95. The van der Waals surface area contributed by atoms with Gasteiger partial charge in [0.15, 0.2) is 5.16 Å². The third-order valence-corrected chi connectivity index (χ3v) is 6.21. The van der Waals surface area contributed by atoms with Crippen molar-refractivity contribution in [2.24, 2.45) is 0 Å². The molecule has 31 heavy (non-hydrogen) atoms. The molecule has 7 heteroatoms. The number of aromatic nitrogens is 2. The van der Waals surface area contributed by atoms with E-state index in [0.29, 0.717) is 26.8 Å². The van der Waals surface area contributed by atoms with Gasteiger partial charge in [0.25, 0.3) is 5.56 Å². The number of nitrogens with zero attached hydrogens (tertiary/aromatic N) is 2. The molecule has 1 aromatic heterocycles. The zero-order chi connectivity index (χ0) is 22.0. The number of fused-ring (bicyclic) bond motifs is 1. The molecule has 1 amide bonds. The van der Waals surface area contributed by atoms with Crippen LogP contribution >= 0.6 is 23.4 Å². The van der Waals surface area contributed by atoms with E-state index in [2.05, 4.69) is 5.32 Å². The summed E-state index contributed by atoms with van der Waals surface area (Å²) in [4.78, 5) is 30.6. The number of carbonyl (C=O) groups excluding carboxylic acids is 1. The third-order valence-electron chi connectivity index (χ3n) is 5.02. The summed E-state index contributed by atoms with van der Waals surface area (Å²) < 4.78 is 1.60. The Morgan fingerprint density at radius 2 is 1.77 bits per heavy atom. The molecule has 5 nitrogen and oxygen atoms in total. The van der Waals surface area contributed by atoms with Gasteiger partial charge in [-0.05, 0) is 67.4 Å². The van der Waals surface area contributed by atoms with E-state index in [4.69, 9.17) is 16.6 Å². The van der Waals surface area contributed by atoms with Crippen molar-refractivity contribution in [1.82, 2.24) is 9.55 Å². The summed E-state index contributed by atoms with van der Waals surface area (Å²) >= 11 is 7.12. The molecule has 4 aromatic rings. The van der Waals surface area contributed by atoms with Crippen LogP contribution in [-0.2, 0) is 4.79 Å². The number of hydrogen-bond donors (Lipinski definition) is 1. The van der Waals surface area contributed by atoms with Gasteiger partial charge in [0.05, 0.1) is 22.3 Å². The fraction of sp³-hybridized carbons (Fsp3) is 0.125. The highest BCUT2D eigenvalue weighted by molar-refractivity contribution is 7.99. The van der Waals surface area contributed by atoms with Gasteiger partial charge in [-0.15, -0.1) is 0 Å². The number of anilines is 1. The van der Waals surface area contributed by atoms with E-state index in [9.17, 15) is 9.59 Å². The van der Waals surface area contributed by atoms with Crippen LogP contribution in [0.5, 0.6) is 0 Å². The molecule has 0 bridgehead atoms. The van der Waals surface area contributed by atoms with Gasteiger partial charge in [-0.3, -0.25) is 14.2 Å². The van der Waals surface area contributed by atoms with Gasteiger partial charge >= 0.3 is 0 Å². The molecule has 156 valence electrons. The Balaban J connectivity index is 1.71. The van der Waals surface area contributed by atoms with E-state index in [0.717, 1.165) is 16.8 Å². The molecule has 0 aliphatic heterocycles. The maximum atomic E-state index is 13.4. The average molecular weight is 450 g/mol. The second-order valence-corrected chi connectivity index (χ2v) is 8.49. The second-order valence-electron chi connectivity index (χ2n) is 7.11. The second kappa shape index (κ2) is 8.96. The molecule has 0 radical (unpaired) electrons. The minimum Gasteiger partial charge on any atom is -0.325 e. The molecule has 0 atom stereocenters. The number of benzene rings is 3. The first-order chi connectivity index (χ1) is 14.9. The molecule has 1 N–H and O–H groups in total. The predicted octanol–water partition coefficient (Wildman–Crippen LogP) is 5.39. The number of carbonyl (C=O) groups is 1. The Labute approximate surface area is 189 Å². The highest BCUT2D eigenvalue weighted by Crippen LogP contribution is 2.25. The molecule has 4 rings (SSSR count). The number of nitrogens with one attached hydrogen (secondary N) is 1. The number of rotatable bonds is 5. The van der Waals surface area contributed by atoms with E-state index in [1.165, 1.54) is 11.8 Å². The number of amides is 1. The first kappa shape index (κ1) is 21.2. The molecule has 3 aromatic carbocycles. The summed E-state index contributed by atoms with van der Waals surface area (Å²) in [6, 6.07) is 20.0. The van der Waals surface area contributed by atoms with Crippen molar-refractivity contribution in [2.45, 2.75) is 19.0 Å². The van der Waals surface area contributed by atoms with Crippen LogP contribution in [0, 0.1) is 13.8 Å². The highest BCUT2D eigenvalue weighted by atomic mass is 35.5. The van der Waals surface area contributed by atoms with Crippen LogP contribution in [0.2, 0.25) is 5.02 Å². The van der Waals surface area contributed by atoms with Gasteiger partial charge < -0.3 is 5.32 Å². The summed E-state index contributed by atoms with van der Waals surface area (Å²) in [7, 11) is 0. The lowest BCUT2D eigenvalue weighted by Gasteiger charge is -2.16. The zero-order valence-electron chi connectivity index (χ0n) is 17.1. The number of hydrogen-bond acceptors (Lipinski definition) is 4. The fourth-order valence-corrected chi connectivity index (χ4v) is 4.19. The van der Waals surface area contributed by atoms with Crippen LogP contribution < -0.4 is 10.9 Å². The van der Waals surface area contributed by atoms with Crippen LogP contribution in [0.4, 0.5) is 5.69 Å². The van der Waals surface area contributed by atoms with Crippen molar-refractivity contribution in [1.29, 1.82) is 0 Å². The molecular formula is C24H20ClN3O2S. The van der Waals surface area contributed by atoms with Gasteiger partial charge in [0.2, 0.25) is 5.91 Å². The lowest BCUT2D eigenvalue weighted by atomic mass is 10.1. The lowest BCUT2D eigenvalue weighted by Crippen LogP contribution is -2.23. The fourth-order valence-electron chi connectivity index (χ4n) is 3.26. The van der Waals surface area contributed by atoms with Crippen LogP contribution in [0.25, 0.3) is 16.6 Å². The Hall–Kier alpha value is -3.09. The molecule has 0 unspecified atom stereocenters. The van der Waals surface area contributed by atoms with Gasteiger partial charge in [0, 0.05) is 10.7 Å². The quantitative estimate of drug-likeness (QED) is 0.328. The van der Waals surface area contributed by atoms with Gasteiger partial charge in [-0.25, -0.2) is 4.98 Å². The first-order valence-electron chi connectivity index (χ1n) is 9.70. The Morgan fingerprint density at radius 1 is 1.03 bits per heavy atom. The van der Waals surface area contributed by atoms with Crippen molar-refractivity contribution in [3.8, 4) is 5.69 Å². The van der Waals surface area contributed by atoms with E-state index in [1.54, 1.807) is 34.9 Å². The normalized spacial score (nSPS) is 10.9. The van der Waals surface area contributed by atoms with Crippen molar-refractivity contribution >= 4 is 45.9 Å². The molecule has 0 saturated heterocycles. The number of thioether (sulfide) groups is 1. The minimum atomic E-state index is -0.192. The molecule has 0 spiro atoms. The third kappa shape index (κ3) is 4.50. The topological polar surface area (TPSA) is 64.0 Å². The predicted molar refractivity (Wildman–Crippen MR) is 128 cm³/mol. The molecule has 0 aliphatic carbocycles. The van der Waals surface area contributed by atoms with E-state index in [1.807, 2.05) is 50.2 Å². The zero-order valence-corrected chi connectivity index (χ0v) is 18.6. The SMILES string of the molecule is Cc1cccc(-n2c(SCC(=O)Nc3ccc(Cl)cc3)nc3ccccc3c2=O)c1C. The van der Waals surface area contributed by atoms with Crippen LogP contribution in [-0.4, -0.2) is 21.2 Å². The first-order valence-corrected chi connectivity index (χ1v) is 11.1. The van der Waals surface area contributed by atoms with Crippen molar-refractivity contribution < 1.29 is 4.79 Å². The molecule has 0 aliphatic rings. The van der Waals surface area contributed by atoms with Crippen molar-refractivity contribution in [2.75, 3.05) is 11.1 Å². The molecule has 1 heterocycles.